The van der Waals surface area contributed by atoms with Gasteiger partial charge in [-0.2, -0.15) is 0 Å². The van der Waals surface area contributed by atoms with Crippen LogP contribution >= 0.6 is 0 Å². The van der Waals surface area contributed by atoms with Crippen LogP contribution in [0.25, 0.3) is 0 Å². The number of benzene rings is 1. The van der Waals surface area contributed by atoms with Gasteiger partial charge in [0.1, 0.15) is 0 Å². The van der Waals surface area contributed by atoms with Gasteiger partial charge in [0, 0.05) is 31.6 Å². The number of aromatic nitrogens is 2. The molecule has 1 aromatic carbocycles. The minimum absolute atomic E-state index is 0.114. The monoisotopic (exact) mass is 393 g/mol. The van der Waals surface area contributed by atoms with Crippen molar-refractivity contribution in [1.82, 2.24) is 20.0 Å². The zero-order valence-electron chi connectivity index (χ0n) is 16.1. The largest absolute Gasteiger partial charge is 0.380 e. The molecule has 8 heteroatoms. The first-order chi connectivity index (χ1) is 14.1. The summed E-state index contributed by atoms with van der Waals surface area (Å²) in [6.45, 7) is 4.05. The lowest BCUT2D eigenvalue weighted by Crippen LogP contribution is -2.55. The highest BCUT2D eigenvalue weighted by Gasteiger charge is 2.43. The number of ether oxygens (including phenoxy) is 1. The normalized spacial score (nSPS) is 19.6. The lowest BCUT2D eigenvalue weighted by atomic mass is 9.78. The summed E-state index contributed by atoms with van der Waals surface area (Å²) in [5.74, 6) is 0.223. The van der Waals surface area contributed by atoms with E-state index in [1.165, 1.54) is 0 Å². The number of carbonyl (C=O) groups is 2. The zero-order valence-corrected chi connectivity index (χ0v) is 16.1. The van der Waals surface area contributed by atoms with E-state index in [0.717, 1.165) is 43.7 Å². The number of urea groups is 1. The third-order valence-electron chi connectivity index (χ3n) is 6.01. The van der Waals surface area contributed by atoms with Crippen LogP contribution in [0, 0.1) is 5.41 Å². The molecule has 2 aromatic rings. The first-order valence-electron chi connectivity index (χ1n) is 9.95. The number of fused-ring (bicyclic) bond motifs is 1. The van der Waals surface area contributed by atoms with E-state index in [2.05, 4.69) is 15.5 Å². The summed E-state index contributed by atoms with van der Waals surface area (Å²) in [4.78, 5) is 28.9. The molecule has 8 nitrogen and oxygen atoms in total. The number of amides is 3. The summed E-state index contributed by atoms with van der Waals surface area (Å²) >= 11 is 0. The maximum Gasteiger partial charge on any atom is 0.323 e. The van der Waals surface area contributed by atoms with Crippen molar-refractivity contribution in [1.29, 1.82) is 0 Å². The first kappa shape index (κ1) is 18.1. The van der Waals surface area contributed by atoms with Crippen molar-refractivity contribution in [2.45, 2.75) is 25.9 Å². The van der Waals surface area contributed by atoms with Crippen molar-refractivity contribution < 1.29 is 14.3 Å². The molecule has 0 unspecified atom stereocenters. The Labute approximate surface area is 168 Å². The van der Waals surface area contributed by atoms with E-state index in [0.29, 0.717) is 31.1 Å². The van der Waals surface area contributed by atoms with Crippen molar-refractivity contribution in [2.24, 2.45) is 5.41 Å². The van der Waals surface area contributed by atoms with Gasteiger partial charge in [0.25, 0.3) is 5.91 Å². The van der Waals surface area contributed by atoms with Gasteiger partial charge in [-0.1, -0.05) is 24.3 Å². The van der Waals surface area contributed by atoms with Crippen LogP contribution in [-0.2, 0) is 17.8 Å². The van der Waals surface area contributed by atoms with Crippen LogP contribution in [0.15, 0.2) is 36.4 Å². The Morgan fingerprint density at radius 1 is 1.00 bits per heavy atom. The Morgan fingerprint density at radius 3 is 2.38 bits per heavy atom. The molecule has 4 heterocycles. The molecule has 0 atom stereocenters. The van der Waals surface area contributed by atoms with E-state index in [1.54, 1.807) is 17.0 Å². The summed E-state index contributed by atoms with van der Waals surface area (Å²) in [5.41, 5.74) is 2.74. The minimum atomic E-state index is -0.225. The van der Waals surface area contributed by atoms with E-state index in [4.69, 9.17) is 4.74 Å². The fraction of sp³-hybridized carbons (Fsp3) is 0.429. The average Bonchev–Trinajstić information content (AvgIpc) is 3.17. The predicted octanol–water partition coefficient (Wildman–Crippen LogP) is 2.28. The molecular formula is C21H23N5O3. The minimum Gasteiger partial charge on any atom is -0.380 e. The molecule has 1 N–H and O–H groups in total. The van der Waals surface area contributed by atoms with E-state index in [9.17, 15) is 9.59 Å². The third kappa shape index (κ3) is 3.44. The topological polar surface area (TPSA) is 87.7 Å². The van der Waals surface area contributed by atoms with Crippen molar-refractivity contribution in [3.05, 3.63) is 53.2 Å². The van der Waals surface area contributed by atoms with Crippen LogP contribution in [0.2, 0.25) is 0 Å². The number of likely N-dealkylation sites (tertiary alicyclic amines) is 1. The molecule has 3 aliphatic heterocycles. The number of anilines is 1. The predicted molar refractivity (Wildman–Crippen MR) is 105 cm³/mol. The van der Waals surface area contributed by atoms with Crippen molar-refractivity contribution in [3.63, 3.8) is 0 Å². The van der Waals surface area contributed by atoms with E-state index >= 15 is 0 Å². The molecule has 150 valence electrons. The summed E-state index contributed by atoms with van der Waals surface area (Å²) in [7, 11) is 0. The second kappa shape index (κ2) is 7.11. The summed E-state index contributed by atoms with van der Waals surface area (Å²) < 4.78 is 5.35. The molecule has 0 aliphatic carbocycles. The molecule has 0 saturated carbocycles. The number of hydrogen-bond donors (Lipinski definition) is 1. The van der Waals surface area contributed by atoms with E-state index in [1.807, 2.05) is 29.2 Å². The standard InChI is InChI=1S/C21H23N5O3/c27-19(25-9-3-8-21(12-25)13-29-14-21)17-6-7-18(24-23-17)22-20(28)26-10-15-4-1-2-5-16(15)11-26/h1-2,4-7H,3,8-14H2,(H,22,24,28). The Balaban J connectivity index is 1.20. The van der Waals surface area contributed by atoms with E-state index < -0.39 is 0 Å². The molecule has 2 saturated heterocycles. The second-order valence-corrected chi connectivity index (χ2v) is 8.18. The summed E-state index contributed by atoms with van der Waals surface area (Å²) in [6.07, 6.45) is 2.09. The molecule has 2 fully saturated rings. The Morgan fingerprint density at radius 2 is 1.76 bits per heavy atom. The Hall–Kier alpha value is -3.00. The van der Waals surface area contributed by atoms with Crippen molar-refractivity contribution in [3.8, 4) is 0 Å². The number of hydrogen-bond acceptors (Lipinski definition) is 5. The maximum atomic E-state index is 12.8. The maximum absolute atomic E-state index is 12.8. The number of carbonyl (C=O) groups excluding carboxylic acids is 2. The zero-order chi connectivity index (χ0) is 19.8. The van der Waals surface area contributed by atoms with Gasteiger partial charge in [0.15, 0.2) is 11.5 Å². The fourth-order valence-corrected chi connectivity index (χ4v) is 4.35. The number of rotatable bonds is 2. The van der Waals surface area contributed by atoms with Gasteiger partial charge >= 0.3 is 6.03 Å². The Bertz CT molecular complexity index is 917. The molecular weight excluding hydrogens is 370 g/mol. The fourth-order valence-electron chi connectivity index (χ4n) is 4.35. The highest BCUT2D eigenvalue weighted by Crippen LogP contribution is 2.37. The molecule has 1 aromatic heterocycles. The van der Waals surface area contributed by atoms with Crippen LogP contribution in [0.4, 0.5) is 10.6 Å². The lowest BCUT2D eigenvalue weighted by molar-refractivity contribution is -0.138. The second-order valence-electron chi connectivity index (χ2n) is 8.18. The molecule has 0 radical (unpaired) electrons. The first-order valence-corrected chi connectivity index (χ1v) is 9.95. The quantitative estimate of drug-likeness (QED) is 0.846. The molecule has 3 aliphatic rings. The van der Waals surface area contributed by atoms with E-state index in [-0.39, 0.29) is 17.4 Å². The van der Waals surface area contributed by atoms with Gasteiger partial charge < -0.3 is 14.5 Å². The van der Waals surface area contributed by atoms with Crippen LogP contribution in [-0.4, -0.2) is 58.2 Å². The average molecular weight is 393 g/mol. The van der Waals surface area contributed by atoms with Gasteiger partial charge in [0.05, 0.1) is 13.2 Å². The summed E-state index contributed by atoms with van der Waals surface area (Å²) in [6, 6.07) is 11.0. The highest BCUT2D eigenvalue weighted by atomic mass is 16.5. The lowest BCUT2D eigenvalue weighted by Gasteiger charge is -2.48. The highest BCUT2D eigenvalue weighted by molar-refractivity contribution is 5.93. The molecule has 1 spiro atoms. The smallest absolute Gasteiger partial charge is 0.323 e. The van der Waals surface area contributed by atoms with Crippen LogP contribution in [0.3, 0.4) is 0 Å². The van der Waals surface area contributed by atoms with Gasteiger partial charge in [-0.05, 0) is 36.1 Å². The number of nitrogens with zero attached hydrogens (tertiary/aromatic N) is 4. The van der Waals surface area contributed by atoms with Crippen LogP contribution < -0.4 is 5.32 Å². The van der Waals surface area contributed by atoms with Crippen LogP contribution in [0.1, 0.15) is 34.5 Å². The number of piperidine rings is 1. The van der Waals surface area contributed by atoms with Crippen molar-refractivity contribution >= 4 is 17.8 Å². The molecule has 29 heavy (non-hydrogen) atoms. The SMILES string of the molecule is O=C(Nc1ccc(C(=O)N2CCCC3(COC3)C2)nn1)N1Cc2ccccc2C1. The van der Waals surface area contributed by atoms with Gasteiger partial charge in [-0.15, -0.1) is 10.2 Å². The summed E-state index contributed by atoms with van der Waals surface area (Å²) in [5, 5.41) is 10.9. The molecule has 3 amide bonds. The van der Waals surface area contributed by atoms with Gasteiger partial charge in [0.2, 0.25) is 0 Å². The van der Waals surface area contributed by atoms with Crippen molar-refractivity contribution in [2.75, 3.05) is 31.6 Å². The number of nitrogens with one attached hydrogen (secondary N) is 1. The Kier molecular flexibility index (Phi) is 4.43. The molecule has 0 bridgehead atoms. The van der Waals surface area contributed by atoms with Crippen LogP contribution in [0.5, 0.6) is 0 Å². The molecule has 5 rings (SSSR count). The third-order valence-corrected chi connectivity index (χ3v) is 6.01. The van der Waals surface area contributed by atoms with Gasteiger partial charge in [-0.3, -0.25) is 10.1 Å². The van der Waals surface area contributed by atoms with Gasteiger partial charge in [-0.25, -0.2) is 4.79 Å².